The molecule has 1 aromatic carbocycles. The number of nitrogens with two attached hydrogens (primary N) is 1. The van der Waals surface area contributed by atoms with Crippen LogP contribution in [-0.2, 0) is 16.6 Å². The number of terminal acetylenes is 1. The van der Waals surface area contributed by atoms with Crippen molar-refractivity contribution in [2.24, 2.45) is 5.73 Å². The molecule has 4 nitrogen and oxygen atoms in total. The Morgan fingerprint density at radius 1 is 1.53 bits per heavy atom. The second kappa shape index (κ2) is 5.87. The third-order valence-electron chi connectivity index (χ3n) is 1.83. The summed E-state index contributed by atoms with van der Waals surface area (Å²) in [5.41, 5.74) is 5.76. The van der Waals surface area contributed by atoms with Gasteiger partial charge >= 0.3 is 0 Å². The van der Waals surface area contributed by atoms with Gasteiger partial charge in [0.15, 0.2) is 0 Å². The molecule has 0 bridgehead atoms. The summed E-state index contributed by atoms with van der Waals surface area (Å²) >= 11 is 0. The molecule has 94 valence electrons. The smallest absolute Gasteiger partial charge is 0.229 e. The molecule has 0 aliphatic carbocycles. The molecule has 7 heteroatoms. The van der Waals surface area contributed by atoms with E-state index < -0.39 is 15.8 Å². The lowest BCUT2D eigenvalue weighted by atomic mass is 10.1. The van der Waals surface area contributed by atoms with Crippen LogP contribution in [0.25, 0.3) is 0 Å². The average molecular weight is 279 g/mol. The van der Waals surface area contributed by atoms with Crippen molar-refractivity contribution in [3.63, 3.8) is 0 Å². The van der Waals surface area contributed by atoms with Crippen LogP contribution in [0.15, 0.2) is 12.1 Å². The molecule has 0 radical (unpaired) electrons. The highest BCUT2D eigenvalue weighted by molar-refractivity contribution is 7.92. The van der Waals surface area contributed by atoms with Crippen LogP contribution in [-0.4, -0.2) is 14.7 Å². The van der Waals surface area contributed by atoms with Crippen LogP contribution < -0.4 is 10.5 Å². The highest BCUT2D eigenvalue weighted by atomic mass is 35.5. The van der Waals surface area contributed by atoms with E-state index in [0.29, 0.717) is 5.56 Å². The van der Waals surface area contributed by atoms with Crippen LogP contribution >= 0.6 is 12.4 Å². The molecule has 3 N–H and O–H groups in total. The van der Waals surface area contributed by atoms with E-state index in [9.17, 15) is 12.8 Å². The topological polar surface area (TPSA) is 72.2 Å². The van der Waals surface area contributed by atoms with Crippen molar-refractivity contribution in [2.75, 3.05) is 11.0 Å². The molecule has 0 amide bonds. The first-order chi connectivity index (χ1) is 7.37. The lowest BCUT2D eigenvalue weighted by Gasteiger charge is -2.09. The minimum atomic E-state index is -3.57. The third kappa shape index (κ3) is 4.23. The van der Waals surface area contributed by atoms with E-state index in [1.807, 2.05) is 4.72 Å². The zero-order valence-corrected chi connectivity index (χ0v) is 10.7. The van der Waals surface area contributed by atoms with Gasteiger partial charge in [-0.1, -0.05) is 5.92 Å². The summed E-state index contributed by atoms with van der Waals surface area (Å²) in [6, 6.07) is 2.62. The van der Waals surface area contributed by atoms with Crippen LogP contribution in [0.1, 0.15) is 11.1 Å². The first kappa shape index (κ1) is 15.7. The predicted molar refractivity (Wildman–Crippen MR) is 67.9 cm³/mol. The normalized spacial score (nSPS) is 10.2. The molecule has 17 heavy (non-hydrogen) atoms. The molecule has 0 saturated heterocycles. The fourth-order valence-electron chi connectivity index (χ4n) is 1.18. The summed E-state index contributed by atoms with van der Waals surface area (Å²) in [5.74, 6) is 1.48. The number of anilines is 1. The minimum absolute atomic E-state index is 0. The molecule has 1 rings (SSSR count). The largest absolute Gasteiger partial charge is 0.326 e. The van der Waals surface area contributed by atoms with Gasteiger partial charge in [-0.25, -0.2) is 12.8 Å². The number of halogens is 2. The van der Waals surface area contributed by atoms with Crippen LogP contribution in [0.2, 0.25) is 0 Å². The van der Waals surface area contributed by atoms with Crippen molar-refractivity contribution in [2.45, 2.75) is 6.54 Å². The Kier molecular flexibility index (Phi) is 5.42. The summed E-state index contributed by atoms with van der Waals surface area (Å²) in [6.45, 7) is 0.130. The summed E-state index contributed by atoms with van der Waals surface area (Å²) in [7, 11) is -3.57. The number of rotatable bonds is 3. The molecule has 0 heterocycles. The van der Waals surface area contributed by atoms with E-state index in [4.69, 9.17) is 12.2 Å². The van der Waals surface area contributed by atoms with Gasteiger partial charge in [0, 0.05) is 6.54 Å². The van der Waals surface area contributed by atoms with Gasteiger partial charge < -0.3 is 5.73 Å². The van der Waals surface area contributed by atoms with Crippen LogP contribution in [0.3, 0.4) is 0 Å². The van der Waals surface area contributed by atoms with Crippen LogP contribution in [0.5, 0.6) is 0 Å². The van der Waals surface area contributed by atoms with Gasteiger partial charge in [0.05, 0.1) is 17.5 Å². The number of hydrogen-bond donors (Lipinski definition) is 2. The minimum Gasteiger partial charge on any atom is -0.326 e. The maximum Gasteiger partial charge on any atom is 0.229 e. The lowest BCUT2D eigenvalue weighted by Crippen LogP contribution is -2.13. The second-order valence-corrected chi connectivity index (χ2v) is 4.97. The predicted octanol–water partition coefficient (Wildman–Crippen LogP) is 1.06. The Bertz CT molecular complexity index is 552. The molecular formula is C10H12ClFN2O2S. The van der Waals surface area contributed by atoms with E-state index in [-0.39, 0.29) is 30.2 Å². The van der Waals surface area contributed by atoms with E-state index >= 15 is 0 Å². The van der Waals surface area contributed by atoms with Gasteiger partial charge in [-0.05, 0) is 17.7 Å². The molecule has 0 fully saturated rings. The van der Waals surface area contributed by atoms with Crippen molar-refractivity contribution < 1.29 is 12.8 Å². The summed E-state index contributed by atoms with van der Waals surface area (Å²) in [5, 5.41) is 0. The first-order valence-electron chi connectivity index (χ1n) is 4.34. The molecule has 0 aliphatic heterocycles. The van der Waals surface area contributed by atoms with Crippen LogP contribution in [0.4, 0.5) is 10.1 Å². The molecule has 0 saturated carbocycles. The Hall–Kier alpha value is -1.29. The third-order valence-corrected chi connectivity index (χ3v) is 2.40. The van der Waals surface area contributed by atoms with E-state index in [1.165, 1.54) is 6.07 Å². The summed E-state index contributed by atoms with van der Waals surface area (Å²) in [4.78, 5) is 0. The highest BCUT2D eigenvalue weighted by Crippen LogP contribution is 2.22. The quantitative estimate of drug-likeness (QED) is 0.812. The zero-order chi connectivity index (χ0) is 12.3. The van der Waals surface area contributed by atoms with Crippen molar-refractivity contribution in [1.29, 1.82) is 0 Å². The first-order valence-corrected chi connectivity index (χ1v) is 6.23. The molecule has 0 atom stereocenters. The van der Waals surface area contributed by atoms with Gasteiger partial charge in [-0.2, -0.15) is 0 Å². The molecule has 0 aliphatic rings. The van der Waals surface area contributed by atoms with Crippen molar-refractivity contribution >= 4 is 28.1 Å². The maximum absolute atomic E-state index is 13.5. The number of sulfonamides is 1. The number of nitrogens with one attached hydrogen (secondary N) is 1. The van der Waals surface area contributed by atoms with E-state index in [1.54, 1.807) is 0 Å². The standard InChI is InChI=1S/C10H11FN2O2S.ClH/c1-3-8-4-7(6-12)5-9(11)10(8)13-16(2,14)15;/h1,4-5,13H,6,12H2,2H3;1H. The van der Waals surface area contributed by atoms with Gasteiger partial charge in [-0.3, -0.25) is 4.72 Å². The monoisotopic (exact) mass is 278 g/mol. The second-order valence-electron chi connectivity index (χ2n) is 3.22. The van der Waals surface area contributed by atoms with Crippen molar-refractivity contribution in [3.05, 3.63) is 29.1 Å². The SMILES string of the molecule is C#Cc1cc(CN)cc(F)c1NS(C)(=O)=O.Cl. The van der Waals surface area contributed by atoms with Gasteiger partial charge in [0.2, 0.25) is 10.0 Å². The fourth-order valence-corrected chi connectivity index (χ4v) is 1.76. The number of benzene rings is 1. The lowest BCUT2D eigenvalue weighted by molar-refractivity contribution is 0.603. The van der Waals surface area contributed by atoms with E-state index in [2.05, 4.69) is 5.92 Å². The average Bonchev–Trinajstić information content (AvgIpc) is 2.19. The molecule has 0 spiro atoms. The van der Waals surface area contributed by atoms with Gasteiger partial charge in [-0.15, -0.1) is 18.8 Å². The van der Waals surface area contributed by atoms with Gasteiger partial charge in [0.25, 0.3) is 0 Å². The highest BCUT2D eigenvalue weighted by Gasteiger charge is 2.13. The fraction of sp³-hybridized carbons (Fsp3) is 0.200. The summed E-state index contributed by atoms with van der Waals surface area (Å²) in [6.07, 6.45) is 6.09. The van der Waals surface area contributed by atoms with Crippen molar-refractivity contribution in [3.8, 4) is 12.3 Å². The Labute approximate surface area is 106 Å². The maximum atomic E-state index is 13.5. The molecule has 0 unspecified atom stereocenters. The number of hydrogen-bond acceptors (Lipinski definition) is 3. The Balaban J connectivity index is 0.00000256. The summed E-state index contributed by atoms with van der Waals surface area (Å²) < 4.78 is 37.6. The molecular weight excluding hydrogens is 267 g/mol. The molecule has 0 aromatic heterocycles. The van der Waals surface area contributed by atoms with E-state index in [0.717, 1.165) is 12.3 Å². The Morgan fingerprint density at radius 3 is 2.53 bits per heavy atom. The molecule has 1 aromatic rings. The van der Waals surface area contributed by atoms with Crippen molar-refractivity contribution in [1.82, 2.24) is 0 Å². The Morgan fingerprint density at radius 2 is 2.12 bits per heavy atom. The van der Waals surface area contributed by atoms with Crippen LogP contribution in [0, 0.1) is 18.2 Å². The zero-order valence-electron chi connectivity index (χ0n) is 9.03. The van der Waals surface area contributed by atoms with Gasteiger partial charge in [0.1, 0.15) is 5.82 Å².